The van der Waals surface area contributed by atoms with Gasteiger partial charge < -0.3 is 5.11 Å². The maximum atomic E-state index is 13.1. The van der Waals surface area contributed by atoms with Gasteiger partial charge in [0.1, 0.15) is 0 Å². The van der Waals surface area contributed by atoms with Crippen LogP contribution in [0.1, 0.15) is 89.3 Å². The van der Waals surface area contributed by atoms with Crippen molar-refractivity contribution in [1.82, 2.24) is 4.90 Å². The van der Waals surface area contributed by atoms with Crippen LogP contribution in [-0.2, 0) is 11.0 Å². The number of hydrogen-bond donors (Lipinski definition) is 1. The van der Waals surface area contributed by atoms with E-state index in [2.05, 4.69) is 32.2 Å². The first-order chi connectivity index (χ1) is 15.4. The molecule has 1 saturated heterocycles. The van der Waals surface area contributed by atoms with Crippen LogP contribution < -0.4 is 0 Å². The molecule has 7 heteroatoms. The summed E-state index contributed by atoms with van der Waals surface area (Å²) in [6.45, 7) is 9.80. The van der Waals surface area contributed by atoms with Gasteiger partial charge in [0, 0.05) is 28.0 Å². The molecule has 186 valence electrons. The number of carbonyl (C=O) groups is 1. The number of carboxylic acids is 1. The Morgan fingerprint density at radius 1 is 1.15 bits per heavy atom. The average molecular weight is 484 g/mol. The molecule has 3 atom stereocenters. The summed E-state index contributed by atoms with van der Waals surface area (Å²) in [5.74, 6) is -0.744. The lowest BCUT2D eigenvalue weighted by atomic mass is 9.83. The number of alkyl halides is 3. The van der Waals surface area contributed by atoms with Crippen molar-refractivity contribution in [1.29, 1.82) is 0 Å². The van der Waals surface area contributed by atoms with E-state index < -0.39 is 17.7 Å². The fraction of sp³-hybridized carbons (Fsp3) is 0.731. The number of hydrogen-bond acceptors (Lipinski definition) is 2. The minimum absolute atomic E-state index is 0.0295. The lowest BCUT2D eigenvalue weighted by Gasteiger charge is -2.44. The molecule has 0 unspecified atom stereocenters. The second-order valence-electron chi connectivity index (χ2n) is 10.7. The van der Waals surface area contributed by atoms with E-state index in [0.29, 0.717) is 17.9 Å². The van der Waals surface area contributed by atoms with Crippen LogP contribution >= 0.6 is 0 Å². The summed E-state index contributed by atoms with van der Waals surface area (Å²) in [6, 6.07) is 7.04. The van der Waals surface area contributed by atoms with Gasteiger partial charge in [-0.25, -0.2) is 0 Å². The second-order valence-corrected chi connectivity index (χ2v) is 11.9. The van der Waals surface area contributed by atoms with Crippen molar-refractivity contribution >= 4 is 15.5 Å². The maximum Gasteiger partial charge on any atom is 0.416 e. The Morgan fingerprint density at radius 3 is 2.36 bits per heavy atom. The molecule has 1 aromatic carbocycles. The minimum atomic E-state index is -4.35. The molecule has 1 aromatic rings. The van der Waals surface area contributed by atoms with Gasteiger partial charge in [0.15, 0.2) is 0 Å². The standard InChI is InChI=1S/C26H40F3NO2Si/c1-25(2,3)14-6-5-7-22(13-16-33-4)30-15-12-19(18-24(31)32)17-23(30)20-8-10-21(11-9-20)26(27,28)29/h8-11,19,22-23H,5-7,12-18H2,1-4H3,(H,31,32)/t19-,22-,23+/m1/s1. The van der Waals surface area contributed by atoms with Crippen LogP contribution in [0.3, 0.4) is 0 Å². The fourth-order valence-electron chi connectivity index (χ4n) is 4.97. The van der Waals surface area contributed by atoms with Crippen molar-refractivity contribution < 1.29 is 23.1 Å². The van der Waals surface area contributed by atoms with E-state index in [0.717, 1.165) is 53.4 Å². The van der Waals surface area contributed by atoms with Crippen molar-refractivity contribution in [3.05, 3.63) is 35.4 Å². The Bertz CT molecular complexity index is 731. The summed E-state index contributed by atoms with van der Waals surface area (Å²) < 4.78 is 39.3. The van der Waals surface area contributed by atoms with Gasteiger partial charge in [0.05, 0.1) is 5.56 Å². The number of unbranched alkanes of at least 4 members (excludes halogenated alkanes) is 1. The summed E-state index contributed by atoms with van der Waals surface area (Å²) in [5.41, 5.74) is 0.552. The van der Waals surface area contributed by atoms with Crippen LogP contribution in [0.15, 0.2) is 24.3 Å². The molecule has 1 heterocycles. The molecule has 3 nitrogen and oxygen atoms in total. The van der Waals surface area contributed by atoms with Gasteiger partial charge in [-0.1, -0.05) is 58.3 Å². The molecule has 2 rings (SSSR count). The highest BCUT2D eigenvalue weighted by Crippen LogP contribution is 2.40. The lowest BCUT2D eigenvalue weighted by molar-refractivity contribution is -0.139. The molecular weight excluding hydrogens is 443 g/mol. The van der Waals surface area contributed by atoms with E-state index in [1.54, 1.807) is 12.1 Å². The molecule has 0 amide bonds. The zero-order valence-electron chi connectivity index (χ0n) is 20.5. The van der Waals surface area contributed by atoms with Gasteiger partial charge in [-0.05, 0) is 67.7 Å². The SMILES string of the molecule is C[Si]CC[C@@H](CCCCC(C)(C)C)N1CC[C@@H](CC(=O)O)C[C@H]1c1ccc(C(F)(F)F)cc1. The van der Waals surface area contributed by atoms with Crippen LogP contribution in [0.5, 0.6) is 0 Å². The van der Waals surface area contributed by atoms with E-state index in [1.165, 1.54) is 25.0 Å². The zero-order chi connectivity index (χ0) is 24.6. The number of halogens is 3. The first kappa shape index (κ1) is 27.9. The third-order valence-corrected chi connectivity index (χ3v) is 7.54. The van der Waals surface area contributed by atoms with Crippen LogP contribution in [0.25, 0.3) is 0 Å². The van der Waals surface area contributed by atoms with E-state index in [1.807, 2.05) is 0 Å². The molecule has 0 aliphatic carbocycles. The first-order valence-electron chi connectivity index (χ1n) is 12.2. The number of benzene rings is 1. The molecule has 0 aromatic heterocycles. The molecule has 0 saturated carbocycles. The minimum Gasteiger partial charge on any atom is -0.481 e. The van der Waals surface area contributed by atoms with Crippen molar-refractivity contribution in [2.75, 3.05) is 6.54 Å². The molecule has 33 heavy (non-hydrogen) atoms. The van der Waals surface area contributed by atoms with E-state index in [-0.39, 0.29) is 18.4 Å². The van der Waals surface area contributed by atoms with Gasteiger partial charge in [-0.15, -0.1) is 0 Å². The smallest absolute Gasteiger partial charge is 0.416 e. The highest BCUT2D eigenvalue weighted by Gasteiger charge is 2.35. The predicted molar refractivity (Wildman–Crippen MR) is 129 cm³/mol. The van der Waals surface area contributed by atoms with Gasteiger partial charge in [-0.2, -0.15) is 13.2 Å². The summed E-state index contributed by atoms with van der Waals surface area (Å²) in [6.07, 6.45) is 2.95. The van der Waals surface area contributed by atoms with E-state index in [9.17, 15) is 23.1 Å². The molecule has 1 N–H and O–H groups in total. The first-order valence-corrected chi connectivity index (χ1v) is 13.9. The monoisotopic (exact) mass is 483 g/mol. The van der Waals surface area contributed by atoms with Crippen LogP contribution in [0.4, 0.5) is 13.2 Å². The van der Waals surface area contributed by atoms with Gasteiger partial charge in [-0.3, -0.25) is 9.69 Å². The average Bonchev–Trinajstić information content (AvgIpc) is 2.72. The highest BCUT2D eigenvalue weighted by atomic mass is 28.2. The Labute approximate surface area is 200 Å². The maximum absolute atomic E-state index is 13.1. The normalized spacial score (nSPS) is 21.2. The Kier molecular flexibility index (Phi) is 10.5. The lowest BCUT2D eigenvalue weighted by Crippen LogP contribution is -2.44. The molecule has 1 aliphatic heterocycles. The van der Waals surface area contributed by atoms with Crippen LogP contribution in [0.2, 0.25) is 12.6 Å². The van der Waals surface area contributed by atoms with Gasteiger partial charge in [0.25, 0.3) is 0 Å². The molecule has 1 fully saturated rings. The molecular formula is C26H40F3NO2Si. The van der Waals surface area contributed by atoms with Crippen LogP contribution in [0, 0.1) is 11.3 Å². The van der Waals surface area contributed by atoms with E-state index >= 15 is 0 Å². The summed E-state index contributed by atoms with van der Waals surface area (Å²) >= 11 is 0. The largest absolute Gasteiger partial charge is 0.481 e. The predicted octanol–water partition coefficient (Wildman–Crippen LogP) is 7.47. The van der Waals surface area contributed by atoms with Crippen molar-refractivity contribution in [3.63, 3.8) is 0 Å². The number of aliphatic carboxylic acids is 1. The zero-order valence-corrected chi connectivity index (χ0v) is 21.5. The summed E-state index contributed by atoms with van der Waals surface area (Å²) in [4.78, 5) is 13.8. The van der Waals surface area contributed by atoms with Crippen molar-refractivity contribution in [2.45, 2.75) is 103 Å². The number of likely N-dealkylation sites (tertiary alicyclic amines) is 1. The number of piperidine rings is 1. The number of rotatable bonds is 11. The number of carboxylic acid groups (broad SMARTS) is 1. The van der Waals surface area contributed by atoms with Crippen molar-refractivity contribution in [2.24, 2.45) is 11.3 Å². The molecule has 0 bridgehead atoms. The fourth-order valence-corrected chi connectivity index (χ4v) is 5.59. The van der Waals surface area contributed by atoms with Gasteiger partial charge in [0.2, 0.25) is 0 Å². The second kappa shape index (κ2) is 12.4. The molecule has 0 spiro atoms. The number of nitrogens with zero attached hydrogens (tertiary/aromatic N) is 1. The molecule has 1 aliphatic rings. The van der Waals surface area contributed by atoms with Crippen molar-refractivity contribution in [3.8, 4) is 0 Å². The van der Waals surface area contributed by atoms with Gasteiger partial charge >= 0.3 is 12.1 Å². The third kappa shape index (κ3) is 9.43. The van der Waals surface area contributed by atoms with E-state index in [4.69, 9.17) is 0 Å². The Morgan fingerprint density at radius 2 is 1.82 bits per heavy atom. The summed E-state index contributed by atoms with van der Waals surface area (Å²) in [7, 11) is 0.874. The Balaban J connectivity index is 2.22. The molecule has 2 radical (unpaired) electrons. The van der Waals surface area contributed by atoms with Crippen LogP contribution in [-0.4, -0.2) is 38.1 Å². The quantitative estimate of drug-likeness (QED) is 0.262. The Hall–Kier alpha value is -1.34. The third-order valence-electron chi connectivity index (χ3n) is 6.75. The highest BCUT2D eigenvalue weighted by molar-refractivity contribution is 6.33. The summed E-state index contributed by atoms with van der Waals surface area (Å²) in [5, 5.41) is 9.31. The topological polar surface area (TPSA) is 40.5 Å².